The first-order valence-corrected chi connectivity index (χ1v) is 3.40. The Hall–Kier alpha value is -0.730. The van der Waals surface area contributed by atoms with Crippen molar-refractivity contribution in [2.45, 2.75) is 26.4 Å². The Morgan fingerprint density at radius 2 is 1.91 bits per heavy atom. The van der Waals surface area contributed by atoms with Crippen LogP contribution in [0.5, 0.6) is 0 Å². The Kier molecular flexibility index (Phi) is 3.93. The van der Waals surface area contributed by atoms with Gasteiger partial charge in [0.2, 0.25) is 0 Å². The lowest BCUT2D eigenvalue weighted by Crippen LogP contribution is -2.02. The highest BCUT2D eigenvalue weighted by Crippen LogP contribution is 2.20. The molecule has 0 aromatic carbocycles. The van der Waals surface area contributed by atoms with Crippen LogP contribution in [0.1, 0.15) is 20.3 Å². The first kappa shape index (κ1) is 10.3. The normalized spacial score (nSPS) is 14.5. The quantitative estimate of drug-likeness (QED) is 0.548. The lowest BCUT2D eigenvalue weighted by molar-refractivity contribution is -0.0804. The minimum atomic E-state index is -4.19. The SMILES string of the molecule is C/C=C\C(=C/C(F)(F)F)CC. The molecule has 3 heteroatoms. The van der Waals surface area contributed by atoms with Gasteiger partial charge in [0, 0.05) is 6.08 Å². The van der Waals surface area contributed by atoms with E-state index in [2.05, 4.69) is 0 Å². The largest absolute Gasteiger partial charge is 0.410 e. The average molecular weight is 164 g/mol. The minimum Gasteiger partial charge on any atom is -0.167 e. The monoisotopic (exact) mass is 164 g/mol. The molecule has 0 rings (SSSR count). The van der Waals surface area contributed by atoms with E-state index in [4.69, 9.17) is 0 Å². The summed E-state index contributed by atoms with van der Waals surface area (Å²) in [4.78, 5) is 0. The van der Waals surface area contributed by atoms with Gasteiger partial charge < -0.3 is 0 Å². The molecule has 0 saturated heterocycles. The van der Waals surface area contributed by atoms with Gasteiger partial charge in [-0.2, -0.15) is 13.2 Å². The number of allylic oxidation sites excluding steroid dienone is 4. The van der Waals surface area contributed by atoms with Crippen molar-refractivity contribution in [3.8, 4) is 0 Å². The molecule has 0 spiro atoms. The molecule has 0 amide bonds. The first-order valence-electron chi connectivity index (χ1n) is 3.40. The zero-order chi connectivity index (χ0) is 8.91. The van der Waals surface area contributed by atoms with Crippen LogP contribution in [-0.4, -0.2) is 6.18 Å². The fourth-order valence-electron chi connectivity index (χ4n) is 0.692. The molecule has 0 N–H and O–H groups in total. The van der Waals surface area contributed by atoms with Crippen LogP contribution in [0.2, 0.25) is 0 Å². The number of hydrogen-bond acceptors (Lipinski definition) is 0. The standard InChI is InChI=1S/C8H11F3/c1-3-5-7(4-2)6-8(9,10)11/h3,5-6H,4H2,1-2H3/b5-3-,7-6-. The summed E-state index contributed by atoms with van der Waals surface area (Å²) in [7, 11) is 0. The van der Waals surface area contributed by atoms with E-state index in [-0.39, 0.29) is 0 Å². The van der Waals surface area contributed by atoms with E-state index >= 15 is 0 Å². The van der Waals surface area contributed by atoms with E-state index < -0.39 is 6.18 Å². The molecule has 0 aliphatic carbocycles. The molecule has 0 radical (unpaired) electrons. The van der Waals surface area contributed by atoms with Gasteiger partial charge in [0.25, 0.3) is 0 Å². The van der Waals surface area contributed by atoms with Crippen LogP contribution in [0.15, 0.2) is 23.8 Å². The minimum absolute atomic E-state index is 0.306. The smallest absolute Gasteiger partial charge is 0.167 e. The summed E-state index contributed by atoms with van der Waals surface area (Å²) in [6, 6.07) is 0. The third-order valence-corrected chi connectivity index (χ3v) is 1.14. The first-order chi connectivity index (χ1) is 4.99. The maximum atomic E-state index is 11.7. The van der Waals surface area contributed by atoms with Crippen molar-refractivity contribution in [2.75, 3.05) is 0 Å². The van der Waals surface area contributed by atoms with E-state index in [1.165, 1.54) is 6.08 Å². The second-order valence-electron chi connectivity index (χ2n) is 2.11. The van der Waals surface area contributed by atoms with Gasteiger partial charge in [-0.1, -0.05) is 19.1 Å². The lowest BCUT2D eigenvalue weighted by Gasteiger charge is -2.01. The van der Waals surface area contributed by atoms with E-state index in [1.807, 2.05) is 0 Å². The predicted molar refractivity (Wildman–Crippen MR) is 39.2 cm³/mol. The highest BCUT2D eigenvalue weighted by atomic mass is 19.4. The number of rotatable bonds is 2. The molecule has 0 nitrogen and oxygen atoms in total. The molecule has 0 aliphatic rings. The Morgan fingerprint density at radius 3 is 2.18 bits per heavy atom. The lowest BCUT2D eigenvalue weighted by atomic mass is 10.2. The molecule has 0 unspecified atom stereocenters. The van der Waals surface area contributed by atoms with Crippen molar-refractivity contribution in [1.82, 2.24) is 0 Å². The molecule has 0 aromatic rings. The Balaban J connectivity index is 4.35. The zero-order valence-electron chi connectivity index (χ0n) is 6.57. The predicted octanol–water partition coefficient (Wildman–Crippen LogP) is 3.46. The van der Waals surface area contributed by atoms with E-state index in [0.717, 1.165) is 0 Å². The fourth-order valence-corrected chi connectivity index (χ4v) is 0.692. The van der Waals surface area contributed by atoms with Gasteiger partial charge in [-0.15, -0.1) is 0 Å². The van der Waals surface area contributed by atoms with Gasteiger partial charge in [0.15, 0.2) is 0 Å². The van der Waals surface area contributed by atoms with Crippen molar-refractivity contribution < 1.29 is 13.2 Å². The van der Waals surface area contributed by atoms with Gasteiger partial charge in [-0.25, -0.2) is 0 Å². The van der Waals surface area contributed by atoms with Crippen molar-refractivity contribution in [3.05, 3.63) is 23.8 Å². The summed E-state index contributed by atoms with van der Waals surface area (Å²) in [5.41, 5.74) is 0.306. The van der Waals surface area contributed by atoms with Crippen LogP contribution < -0.4 is 0 Å². The molecule has 0 fully saturated rings. The molecule has 0 aliphatic heterocycles. The van der Waals surface area contributed by atoms with E-state index in [1.54, 1.807) is 19.9 Å². The summed E-state index contributed by atoms with van der Waals surface area (Å²) >= 11 is 0. The summed E-state index contributed by atoms with van der Waals surface area (Å²) in [5, 5.41) is 0. The van der Waals surface area contributed by atoms with Crippen LogP contribution in [0, 0.1) is 0 Å². The molecule has 0 heterocycles. The van der Waals surface area contributed by atoms with Crippen LogP contribution in [0.25, 0.3) is 0 Å². The second-order valence-corrected chi connectivity index (χ2v) is 2.11. The third kappa shape index (κ3) is 5.70. The molecule has 0 bridgehead atoms. The molecule has 0 saturated carbocycles. The van der Waals surface area contributed by atoms with Crippen LogP contribution >= 0.6 is 0 Å². The van der Waals surface area contributed by atoms with Gasteiger partial charge in [0.1, 0.15) is 0 Å². The van der Waals surface area contributed by atoms with Gasteiger partial charge in [-0.3, -0.25) is 0 Å². The van der Waals surface area contributed by atoms with Crippen molar-refractivity contribution >= 4 is 0 Å². The number of hydrogen-bond donors (Lipinski definition) is 0. The summed E-state index contributed by atoms with van der Waals surface area (Å²) in [6.45, 7) is 3.39. The van der Waals surface area contributed by atoms with Crippen molar-refractivity contribution in [2.24, 2.45) is 0 Å². The number of alkyl halides is 3. The molecule has 64 valence electrons. The molecule has 0 aromatic heterocycles. The molecule has 11 heavy (non-hydrogen) atoms. The van der Waals surface area contributed by atoms with Crippen LogP contribution in [-0.2, 0) is 0 Å². The topological polar surface area (TPSA) is 0 Å². The third-order valence-electron chi connectivity index (χ3n) is 1.14. The van der Waals surface area contributed by atoms with E-state index in [9.17, 15) is 13.2 Å². The average Bonchev–Trinajstić information content (AvgIpc) is 1.84. The zero-order valence-corrected chi connectivity index (χ0v) is 6.57. The van der Waals surface area contributed by atoms with E-state index in [0.29, 0.717) is 18.1 Å². The maximum Gasteiger partial charge on any atom is 0.410 e. The van der Waals surface area contributed by atoms with Gasteiger partial charge >= 0.3 is 6.18 Å². The van der Waals surface area contributed by atoms with Crippen molar-refractivity contribution in [1.29, 1.82) is 0 Å². The summed E-state index contributed by atoms with van der Waals surface area (Å²) < 4.78 is 35.1. The Bertz CT molecular complexity index is 163. The van der Waals surface area contributed by atoms with Crippen LogP contribution in [0.3, 0.4) is 0 Å². The molecule has 0 atom stereocenters. The second kappa shape index (κ2) is 4.21. The summed E-state index contributed by atoms with van der Waals surface area (Å²) in [6.07, 6.45) is -0.393. The molecular formula is C8H11F3. The highest BCUT2D eigenvalue weighted by Gasteiger charge is 2.23. The van der Waals surface area contributed by atoms with Gasteiger partial charge in [-0.05, 0) is 18.9 Å². The number of halogens is 3. The Morgan fingerprint density at radius 1 is 1.36 bits per heavy atom. The maximum absolute atomic E-state index is 11.7. The van der Waals surface area contributed by atoms with Crippen LogP contribution in [0.4, 0.5) is 13.2 Å². The van der Waals surface area contributed by atoms with Crippen molar-refractivity contribution in [3.63, 3.8) is 0 Å². The van der Waals surface area contributed by atoms with Gasteiger partial charge in [0.05, 0.1) is 0 Å². The Labute approximate surface area is 64.4 Å². The highest BCUT2D eigenvalue weighted by molar-refractivity contribution is 5.19. The molecular weight excluding hydrogens is 153 g/mol. The summed E-state index contributed by atoms with van der Waals surface area (Å²) in [5.74, 6) is 0. The fraction of sp³-hybridized carbons (Fsp3) is 0.500.